The predicted molar refractivity (Wildman–Crippen MR) is 124 cm³/mol. The number of phenols is 1. The van der Waals surface area contributed by atoms with Crippen molar-refractivity contribution in [1.29, 1.82) is 0 Å². The van der Waals surface area contributed by atoms with E-state index in [1.54, 1.807) is 17.0 Å². The number of hydrogen-bond donors (Lipinski definition) is 1. The maximum atomic E-state index is 13.4. The van der Waals surface area contributed by atoms with Crippen LogP contribution in [0.3, 0.4) is 0 Å². The number of nitrogens with zero attached hydrogens (tertiary/aromatic N) is 1. The number of ether oxygens (including phenoxy) is 1. The molecule has 0 unspecified atom stereocenters. The highest BCUT2D eigenvalue weighted by Gasteiger charge is 2.27. The molecule has 5 rings (SSSR count). The van der Waals surface area contributed by atoms with E-state index >= 15 is 0 Å². The van der Waals surface area contributed by atoms with Gasteiger partial charge < -0.3 is 19.2 Å². The van der Waals surface area contributed by atoms with Crippen molar-refractivity contribution in [3.63, 3.8) is 0 Å². The molecule has 160 valence electrons. The van der Waals surface area contributed by atoms with Crippen LogP contribution in [0.15, 0.2) is 89.4 Å². The monoisotopic (exact) mass is 425 g/mol. The zero-order valence-corrected chi connectivity index (χ0v) is 17.5. The van der Waals surface area contributed by atoms with E-state index in [9.17, 15) is 9.90 Å². The normalized spacial score (nSPS) is 13.8. The molecule has 0 fully saturated rings. The number of para-hydroxylation sites is 2. The number of carbonyl (C=O) groups is 1. The van der Waals surface area contributed by atoms with Crippen molar-refractivity contribution in [2.45, 2.75) is 13.0 Å². The molecule has 5 heteroatoms. The number of hydrogen-bond acceptors (Lipinski definition) is 4. The van der Waals surface area contributed by atoms with E-state index in [1.165, 1.54) is 5.57 Å². The third-order valence-electron chi connectivity index (χ3n) is 5.75. The minimum atomic E-state index is -0.131. The van der Waals surface area contributed by atoms with Gasteiger partial charge >= 0.3 is 0 Å². The average Bonchev–Trinajstić information content (AvgIpc) is 3.22. The first-order valence-corrected chi connectivity index (χ1v) is 10.6. The minimum Gasteiger partial charge on any atom is -0.508 e. The summed E-state index contributed by atoms with van der Waals surface area (Å²) >= 11 is 0. The molecular formula is C27H23NO4. The first-order valence-electron chi connectivity index (χ1n) is 10.6. The van der Waals surface area contributed by atoms with Crippen LogP contribution in [-0.2, 0) is 6.61 Å². The number of amides is 1. The van der Waals surface area contributed by atoms with Crippen LogP contribution in [-0.4, -0.2) is 29.0 Å². The molecule has 1 amide bonds. The molecule has 0 radical (unpaired) electrons. The number of rotatable bonds is 5. The number of furan rings is 1. The van der Waals surface area contributed by atoms with Gasteiger partial charge in [0.15, 0.2) is 5.76 Å². The Morgan fingerprint density at radius 2 is 1.72 bits per heavy atom. The Kier molecular flexibility index (Phi) is 5.38. The Morgan fingerprint density at radius 3 is 2.47 bits per heavy atom. The molecule has 0 saturated heterocycles. The summed E-state index contributed by atoms with van der Waals surface area (Å²) in [6, 6.07) is 24.4. The molecule has 0 atom stereocenters. The second-order valence-electron chi connectivity index (χ2n) is 7.79. The van der Waals surface area contributed by atoms with Gasteiger partial charge in [0.25, 0.3) is 5.91 Å². The van der Waals surface area contributed by atoms with Gasteiger partial charge in [-0.25, -0.2) is 0 Å². The van der Waals surface area contributed by atoms with Crippen LogP contribution in [0.2, 0.25) is 0 Å². The van der Waals surface area contributed by atoms with Crippen molar-refractivity contribution in [2.75, 3.05) is 13.1 Å². The van der Waals surface area contributed by atoms with Crippen molar-refractivity contribution in [2.24, 2.45) is 0 Å². The van der Waals surface area contributed by atoms with E-state index in [-0.39, 0.29) is 18.3 Å². The molecule has 2 heterocycles. The maximum absolute atomic E-state index is 13.4. The zero-order valence-electron chi connectivity index (χ0n) is 17.5. The van der Waals surface area contributed by atoms with Crippen molar-refractivity contribution in [3.8, 4) is 11.5 Å². The highest BCUT2D eigenvalue weighted by molar-refractivity contribution is 5.99. The van der Waals surface area contributed by atoms with Crippen LogP contribution in [0.5, 0.6) is 11.5 Å². The van der Waals surface area contributed by atoms with Gasteiger partial charge in [-0.1, -0.05) is 54.6 Å². The molecule has 1 aliphatic rings. The van der Waals surface area contributed by atoms with Crippen molar-refractivity contribution in [3.05, 3.63) is 102 Å². The fourth-order valence-corrected chi connectivity index (χ4v) is 4.02. The standard InChI is InChI=1S/C27H23NO4/c29-21-12-10-19(11-13-21)20-14-16-28(17-15-20)27(30)26-24(18-31-22-6-2-1-3-7-22)23-8-4-5-9-25(23)32-26/h1-14,29H,15-18H2. The van der Waals surface area contributed by atoms with Gasteiger partial charge in [0, 0.05) is 24.0 Å². The maximum Gasteiger partial charge on any atom is 0.290 e. The summed E-state index contributed by atoms with van der Waals surface area (Å²) in [5.74, 6) is 1.20. The Balaban J connectivity index is 1.39. The summed E-state index contributed by atoms with van der Waals surface area (Å²) in [4.78, 5) is 15.2. The van der Waals surface area contributed by atoms with Crippen molar-refractivity contribution < 1.29 is 19.1 Å². The topological polar surface area (TPSA) is 62.9 Å². The molecule has 32 heavy (non-hydrogen) atoms. The first-order chi connectivity index (χ1) is 15.7. The van der Waals surface area contributed by atoms with Crippen LogP contribution in [0.1, 0.15) is 28.1 Å². The molecule has 0 aliphatic carbocycles. The minimum absolute atomic E-state index is 0.131. The van der Waals surface area contributed by atoms with Gasteiger partial charge in [-0.2, -0.15) is 0 Å². The average molecular weight is 425 g/mol. The quantitative estimate of drug-likeness (QED) is 0.449. The van der Waals surface area contributed by atoms with Crippen LogP contribution < -0.4 is 4.74 Å². The van der Waals surface area contributed by atoms with Crippen LogP contribution in [0, 0.1) is 0 Å². The molecule has 0 saturated carbocycles. The lowest BCUT2D eigenvalue weighted by Crippen LogP contribution is -2.35. The fourth-order valence-electron chi connectivity index (χ4n) is 4.02. The SMILES string of the molecule is O=C(c1oc2ccccc2c1COc1ccccc1)N1CC=C(c2ccc(O)cc2)CC1. The summed E-state index contributed by atoms with van der Waals surface area (Å²) < 4.78 is 12.0. The highest BCUT2D eigenvalue weighted by Crippen LogP contribution is 2.30. The van der Waals surface area contributed by atoms with Gasteiger partial charge in [0.2, 0.25) is 0 Å². The van der Waals surface area contributed by atoms with E-state index in [0.717, 1.165) is 28.7 Å². The summed E-state index contributed by atoms with van der Waals surface area (Å²) in [6.45, 7) is 1.36. The lowest BCUT2D eigenvalue weighted by Gasteiger charge is -2.26. The number of benzene rings is 3. The van der Waals surface area contributed by atoms with Gasteiger partial charge in [-0.15, -0.1) is 0 Å². The van der Waals surface area contributed by atoms with Gasteiger partial charge in [0.05, 0.1) is 0 Å². The first kappa shape index (κ1) is 19.9. The molecule has 3 aromatic carbocycles. The van der Waals surface area contributed by atoms with Crippen LogP contribution in [0.4, 0.5) is 0 Å². The molecule has 1 N–H and O–H groups in total. The smallest absolute Gasteiger partial charge is 0.290 e. The summed E-state index contributed by atoms with van der Waals surface area (Å²) in [5.41, 5.74) is 3.68. The van der Waals surface area contributed by atoms with Crippen LogP contribution >= 0.6 is 0 Å². The van der Waals surface area contributed by atoms with Crippen molar-refractivity contribution >= 4 is 22.4 Å². The fraction of sp³-hybridized carbons (Fsp3) is 0.148. The number of carbonyl (C=O) groups excluding carboxylic acids is 1. The Bertz CT molecular complexity index is 1270. The van der Waals surface area contributed by atoms with E-state index in [4.69, 9.17) is 9.15 Å². The number of phenolic OH excluding ortho intramolecular Hbond substituents is 1. The van der Waals surface area contributed by atoms with E-state index in [0.29, 0.717) is 24.4 Å². The van der Waals surface area contributed by atoms with Crippen LogP contribution in [0.25, 0.3) is 16.5 Å². The van der Waals surface area contributed by atoms with E-state index < -0.39 is 0 Å². The third kappa shape index (κ3) is 3.97. The lowest BCUT2D eigenvalue weighted by atomic mass is 9.99. The highest BCUT2D eigenvalue weighted by atomic mass is 16.5. The largest absolute Gasteiger partial charge is 0.508 e. The second-order valence-corrected chi connectivity index (χ2v) is 7.79. The van der Waals surface area contributed by atoms with Crippen molar-refractivity contribution in [1.82, 2.24) is 4.90 Å². The molecule has 5 nitrogen and oxygen atoms in total. The predicted octanol–water partition coefficient (Wildman–Crippen LogP) is 5.65. The Labute approximate surface area is 186 Å². The van der Waals surface area contributed by atoms with Gasteiger partial charge in [-0.05, 0) is 47.9 Å². The molecular weight excluding hydrogens is 402 g/mol. The lowest BCUT2D eigenvalue weighted by molar-refractivity contribution is 0.0739. The number of aromatic hydroxyl groups is 1. The molecule has 4 aromatic rings. The Morgan fingerprint density at radius 1 is 0.969 bits per heavy atom. The second kappa shape index (κ2) is 8.63. The summed E-state index contributed by atoms with van der Waals surface area (Å²) in [5, 5.41) is 10.4. The zero-order chi connectivity index (χ0) is 21.9. The summed E-state index contributed by atoms with van der Waals surface area (Å²) in [6.07, 6.45) is 2.81. The van der Waals surface area contributed by atoms with Gasteiger partial charge in [-0.3, -0.25) is 4.79 Å². The Hall–Kier alpha value is -3.99. The molecule has 1 aliphatic heterocycles. The number of fused-ring (bicyclic) bond motifs is 1. The third-order valence-corrected chi connectivity index (χ3v) is 5.75. The van der Waals surface area contributed by atoms with E-state index in [2.05, 4.69) is 6.08 Å². The van der Waals surface area contributed by atoms with E-state index in [1.807, 2.05) is 66.7 Å². The molecule has 1 aromatic heterocycles. The summed E-state index contributed by atoms with van der Waals surface area (Å²) in [7, 11) is 0. The molecule has 0 spiro atoms. The van der Waals surface area contributed by atoms with Gasteiger partial charge in [0.1, 0.15) is 23.7 Å². The molecule has 0 bridgehead atoms.